The summed E-state index contributed by atoms with van der Waals surface area (Å²) in [6.45, 7) is 21.5. The molecule has 0 radical (unpaired) electrons. The van der Waals surface area contributed by atoms with Crippen molar-refractivity contribution < 1.29 is 43.2 Å². The fraction of sp³-hybridized carbons (Fsp3) is 0.526. The van der Waals surface area contributed by atoms with E-state index in [1.807, 2.05) is 90.4 Å². The lowest BCUT2D eigenvalue weighted by molar-refractivity contribution is -0.144. The molecule has 1 aliphatic carbocycles. The highest BCUT2D eigenvalue weighted by Crippen LogP contribution is 2.42. The number of likely N-dealkylation sites (tertiary alicyclic amines) is 2. The van der Waals surface area contributed by atoms with E-state index in [0.29, 0.717) is 26.2 Å². The molecular formula is C57H75N5O9S. The number of benzene rings is 3. The first-order chi connectivity index (χ1) is 34.3. The third kappa shape index (κ3) is 14.0. The van der Waals surface area contributed by atoms with Crippen molar-refractivity contribution in [2.45, 2.75) is 125 Å². The molecule has 0 spiro atoms. The van der Waals surface area contributed by atoms with Crippen molar-refractivity contribution in [3.8, 4) is 27.3 Å². The van der Waals surface area contributed by atoms with Crippen molar-refractivity contribution in [1.29, 1.82) is 0 Å². The van der Waals surface area contributed by atoms with Gasteiger partial charge >= 0.3 is 0 Å². The Morgan fingerprint density at radius 2 is 1.58 bits per heavy atom. The van der Waals surface area contributed by atoms with Gasteiger partial charge in [0.1, 0.15) is 36.3 Å². The Kier molecular flexibility index (Phi) is 18.2. The standard InChI is InChI=1S/C57H75N5O9S/c1-10-70-49-32-57(8,9)31-48(64)51(49)46-29-42(12-11-36(46)2)40-17-19-44(20-18-40)71-45-21-23-61(24-22-45)25-26-68-27-28-69-34-50(65)60-53(56(5,6)7)55(67)62-33-43(63)30-47(62)54(66)59-37(3)39-13-15-41(16-14-39)52-38(4)58-35-72-52/h11-20,29,35,37,43,45,47,53,63H,10,21-28,30-34H2,1-9H3,(H,59,66)(H,60,65)/t37-,43+,47-,53+/m0/s1. The molecule has 0 unspecified atom stereocenters. The minimum Gasteiger partial charge on any atom is -0.497 e. The van der Waals surface area contributed by atoms with E-state index in [1.54, 1.807) is 11.3 Å². The molecule has 388 valence electrons. The van der Waals surface area contributed by atoms with Gasteiger partial charge in [0, 0.05) is 45.4 Å². The zero-order chi connectivity index (χ0) is 51.7. The summed E-state index contributed by atoms with van der Waals surface area (Å²) in [4.78, 5) is 63.5. The maximum Gasteiger partial charge on any atom is 0.246 e. The van der Waals surface area contributed by atoms with Gasteiger partial charge in [0.2, 0.25) is 17.7 Å². The lowest BCUT2D eigenvalue weighted by atomic mass is 9.74. The number of β-amino-alcohol motifs (C(OH)–C–C–N with tert-alkyl or cyclic N) is 1. The van der Waals surface area contributed by atoms with E-state index in [2.05, 4.69) is 64.7 Å². The molecule has 7 rings (SSSR count). The number of hydrogen-bond donors (Lipinski definition) is 3. The van der Waals surface area contributed by atoms with E-state index in [1.165, 1.54) is 4.90 Å². The number of nitrogens with zero attached hydrogens (tertiary/aromatic N) is 3. The van der Waals surface area contributed by atoms with Crippen molar-refractivity contribution in [2.75, 3.05) is 59.2 Å². The second kappa shape index (κ2) is 24.1. The number of carbonyl (C=O) groups is 4. The van der Waals surface area contributed by atoms with Crippen LogP contribution in [-0.2, 0) is 33.4 Å². The molecule has 3 heterocycles. The summed E-state index contributed by atoms with van der Waals surface area (Å²) in [5.41, 5.74) is 8.73. The Morgan fingerprint density at radius 3 is 2.25 bits per heavy atom. The molecular weight excluding hydrogens is 931 g/mol. The van der Waals surface area contributed by atoms with Crippen LogP contribution in [-0.4, -0.2) is 127 Å². The number of rotatable bonds is 20. The van der Waals surface area contributed by atoms with Gasteiger partial charge in [0.15, 0.2) is 5.78 Å². The normalized spacial score (nSPS) is 19.5. The Bertz CT molecular complexity index is 2540. The lowest BCUT2D eigenvalue weighted by Gasteiger charge is -2.35. The molecule has 2 saturated heterocycles. The highest BCUT2D eigenvalue weighted by molar-refractivity contribution is 7.13. The van der Waals surface area contributed by atoms with E-state index in [4.69, 9.17) is 18.9 Å². The number of carbonyl (C=O) groups excluding carboxylic acids is 4. The molecule has 3 aromatic carbocycles. The summed E-state index contributed by atoms with van der Waals surface area (Å²) in [5.74, 6) is 0.514. The SMILES string of the molecule is CCOC1=C(c2cc(-c3ccc(OC4CCN(CCOCCOCC(=O)N[C@H](C(=O)N5C[C@H](O)C[C@H]5C(=O)N[C@@H](C)c5ccc(-c6scnc6C)cc5)C(C)(C)C)CC4)cc3)ccc2C)C(=O)CC(C)(C)C1. The first kappa shape index (κ1) is 54.3. The van der Waals surface area contributed by atoms with E-state index in [9.17, 15) is 24.3 Å². The predicted molar refractivity (Wildman–Crippen MR) is 281 cm³/mol. The minimum absolute atomic E-state index is 0.0111. The Balaban J connectivity index is 0.797. The third-order valence-electron chi connectivity index (χ3n) is 13.9. The number of ether oxygens (including phenoxy) is 4. The summed E-state index contributed by atoms with van der Waals surface area (Å²) in [6.07, 6.45) is 2.38. The van der Waals surface area contributed by atoms with Crippen LogP contribution in [0.3, 0.4) is 0 Å². The molecule has 3 aliphatic rings. The van der Waals surface area contributed by atoms with Gasteiger partial charge in [-0.3, -0.25) is 19.2 Å². The number of allylic oxidation sites excluding steroid dienone is 2. The van der Waals surface area contributed by atoms with Gasteiger partial charge in [-0.05, 0) is 103 Å². The second-order valence-corrected chi connectivity index (χ2v) is 22.3. The Morgan fingerprint density at radius 1 is 0.903 bits per heavy atom. The maximum atomic E-state index is 14.1. The van der Waals surface area contributed by atoms with Crippen LogP contribution in [0.1, 0.15) is 109 Å². The third-order valence-corrected chi connectivity index (χ3v) is 14.9. The van der Waals surface area contributed by atoms with Gasteiger partial charge in [0.25, 0.3) is 0 Å². The molecule has 2 fully saturated rings. The minimum atomic E-state index is -0.957. The van der Waals surface area contributed by atoms with Crippen molar-refractivity contribution in [2.24, 2.45) is 10.8 Å². The lowest BCUT2D eigenvalue weighted by Crippen LogP contribution is -2.58. The van der Waals surface area contributed by atoms with Crippen molar-refractivity contribution in [3.05, 3.63) is 100 Å². The number of thiazole rings is 1. The first-order valence-corrected chi connectivity index (χ1v) is 26.4. The number of aromatic nitrogens is 1. The van der Waals surface area contributed by atoms with E-state index < -0.39 is 35.4 Å². The molecule has 3 N–H and O–H groups in total. The second-order valence-electron chi connectivity index (χ2n) is 21.4. The fourth-order valence-corrected chi connectivity index (χ4v) is 10.7. The zero-order valence-corrected chi connectivity index (χ0v) is 44.5. The molecule has 14 nitrogen and oxygen atoms in total. The number of Topliss-reactive ketones (excluding diaryl/α,β-unsaturated/α-hetero) is 1. The Hall–Kier alpha value is -5.45. The highest BCUT2D eigenvalue weighted by atomic mass is 32.1. The molecule has 0 saturated carbocycles. The van der Waals surface area contributed by atoms with Crippen LogP contribution in [0.2, 0.25) is 0 Å². The van der Waals surface area contributed by atoms with E-state index in [0.717, 1.165) is 99.9 Å². The topological polar surface area (TPSA) is 169 Å². The summed E-state index contributed by atoms with van der Waals surface area (Å²) in [6, 6.07) is 20.3. The molecule has 0 bridgehead atoms. The summed E-state index contributed by atoms with van der Waals surface area (Å²) in [5, 5.41) is 16.5. The maximum absolute atomic E-state index is 14.1. The molecule has 4 atom stereocenters. The molecule has 3 amide bonds. The van der Waals surface area contributed by atoms with Gasteiger partial charge in [-0.2, -0.15) is 0 Å². The Labute approximate surface area is 429 Å². The molecule has 2 aliphatic heterocycles. The molecule has 1 aromatic heterocycles. The number of piperidine rings is 1. The molecule has 15 heteroatoms. The van der Waals surface area contributed by atoms with Crippen LogP contribution in [0.4, 0.5) is 0 Å². The molecule has 72 heavy (non-hydrogen) atoms. The number of hydrogen-bond acceptors (Lipinski definition) is 12. The first-order valence-electron chi connectivity index (χ1n) is 25.5. The average Bonchev–Trinajstić information content (AvgIpc) is 3.96. The van der Waals surface area contributed by atoms with Gasteiger partial charge < -0.3 is 44.5 Å². The summed E-state index contributed by atoms with van der Waals surface area (Å²) >= 11 is 1.58. The van der Waals surface area contributed by atoms with E-state index >= 15 is 0 Å². The fourth-order valence-electron chi connectivity index (χ4n) is 9.90. The number of ketones is 1. The van der Waals surface area contributed by atoms with Crippen molar-refractivity contribution in [3.63, 3.8) is 0 Å². The van der Waals surface area contributed by atoms with Crippen LogP contribution in [0.25, 0.3) is 27.1 Å². The van der Waals surface area contributed by atoms with E-state index in [-0.39, 0.29) is 55.4 Å². The number of amides is 3. The summed E-state index contributed by atoms with van der Waals surface area (Å²) in [7, 11) is 0. The van der Waals surface area contributed by atoms with Crippen molar-refractivity contribution >= 4 is 40.4 Å². The van der Waals surface area contributed by atoms with Crippen molar-refractivity contribution in [1.82, 2.24) is 25.4 Å². The van der Waals surface area contributed by atoms with Crippen LogP contribution < -0.4 is 15.4 Å². The molecule has 4 aromatic rings. The monoisotopic (exact) mass is 1010 g/mol. The number of aliphatic hydroxyl groups is 1. The van der Waals surface area contributed by atoms with Gasteiger partial charge in [0.05, 0.1) is 60.2 Å². The quantitative estimate of drug-likeness (QED) is 0.0727. The van der Waals surface area contributed by atoms with Crippen LogP contribution >= 0.6 is 11.3 Å². The largest absolute Gasteiger partial charge is 0.497 e. The predicted octanol–water partition coefficient (Wildman–Crippen LogP) is 8.48. The smallest absolute Gasteiger partial charge is 0.246 e. The number of aliphatic hydroxyl groups excluding tert-OH is 1. The van der Waals surface area contributed by atoms with Crippen LogP contribution in [0.5, 0.6) is 5.75 Å². The average molecular weight is 1010 g/mol. The van der Waals surface area contributed by atoms with Gasteiger partial charge in [-0.25, -0.2) is 4.98 Å². The van der Waals surface area contributed by atoms with Crippen LogP contribution in [0, 0.1) is 24.7 Å². The van der Waals surface area contributed by atoms with Gasteiger partial charge in [-0.15, -0.1) is 11.3 Å². The zero-order valence-electron chi connectivity index (χ0n) is 43.7. The van der Waals surface area contributed by atoms with Crippen LogP contribution in [0.15, 0.2) is 78.0 Å². The van der Waals surface area contributed by atoms with Gasteiger partial charge in [-0.1, -0.05) is 83.1 Å². The number of nitrogens with one attached hydrogen (secondary N) is 2. The highest BCUT2D eigenvalue weighted by Gasteiger charge is 2.45. The number of aryl methyl sites for hydroxylation is 2. The summed E-state index contributed by atoms with van der Waals surface area (Å²) < 4.78 is 24.0.